The minimum absolute atomic E-state index is 0.219. The highest BCUT2D eigenvalue weighted by Crippen LogP contribution is 2.42. The van der Waals surface area contributed by atoms with Gasteiger partial charge >= 0.3 is 0 Å². The summed E-state index contributed by atoms with van der Waals surface area (Å²) in [5.74, 6) is -1.09. The van der Waals surface area contributed by atoms with E-state index < -0.39 is 50.3 Å². The molecule has 4 aromatic carbocycles. The van der Waals surface area contributed by atoms with E-state index in [1.807, 2.05) is 13.8 Å². The summed E-state index contributed by atoms with van der Waals surface area (Å²) in [6, 6.07) is 22.0. The lowest BCUT2D eigenvalue weighted by Crippen LogP contribution is -2.13. The Bertz CT molecular complexity index is 2040. The van der Waals surface area contributed by atoms with E-state index in [4.69, 9.17) is 0 Å². The van der Waals surface area contributed by atoms with Crippen molar-refractivity contribution in [3.63, 3.8) is 0 Å². The van der Waals surface area contributed by atoms with Gasteiger partial charge in [-0.3, -0.25) is 0 Å². The standard InChI is InChI=1S/C33H36O12S4/c1-22(24-3-11-30(12-4-24)46(34,35)36)19-28(26-7-15-32(16-8-26)48(40,41)42)21-29(27-9-17-33(18-10-27)49(43,44)45)20-23(2)25-5-13-31(14-6-25)47(37,38)39/h3-18,22-23,28-29H,19-21H2,1-2H3,(H,34,35,36)(H,37,38,39)(H,40,41,42)(H,43,44,45)/p-4. The average molecular weight is 749 g/mol. The van der Waals surface area contributed by atoms with Crippen LogP contribution in [0.5, 0.6) is 0 Å². The van der Waals surface area contributed by atoms with Crippen molar-refractivity contribution >= 4 is 40.5 Å². The molecular formula is C33H32O12S4-4. The quantitative estimate of drug-likeness (QED) is 0.156. The Balaban J connectivity index is 1.74. The minimum atomic E-state index is -4.73. The second-order valence-corrected chi connectivity index (χ2v) is 17.5. The van der Waals surface area contributed by atoms with Crippen molar-refractivity contribution in [1.82, 2.24) is 0 Å². The van der Waals surface area contributed by atoms with Gasteiger partial charge < -0.3 is 18.2 Å². The molecule has 0 fully saturated rings. The number of hydrogen-bond acceptors (Lipinski definition) is 12. The zero-order chi connectivity index (χ0) is 36.4. The summed E-state index contributed by atoms with van der Waals surface area (Å²) in [6.07, 6.45) is 1.25. The van der Waals surface area contributed by atoms with Crippen LogP contribution in [0, 0.1) is 0 Å². The normalized spacial score (nSPS) is 15.3. The molecule has 12 nitrogen and oxygen atoms in total. The van der Waals surface area contributed by atoms with Gasteiger partial charge in [0.05, 0.1) is 19.6 Å². The molecule has 0 radical (unpaired) electrons. The van der Waals surface area contributed by atoms with Gasteiger partial charge in [0.15, 0.2) is 0 Å². The molecule has 0 heterocycles. The van der Waals surface area contributed by atoms with Crippen molar-refractivity contribution in [2.75, 3.05) is 0 Å². The molecule has 4 rings (SSSR count). The Labute approximate surface area is 286 Å². The SMILES string of the molecule is CC(CC(CC(CC(C)c1ccc(S(=O)(=O)[O-])cc1)c1ccc(S(=O)(=O)[O-])cc1)c1ccc(S(=O)(=O)[O-])cc1)c1ccc(S(=O)(=O)[O-])cc1. The van der Waals surface area contributed by atoms with Crippen LogP contribution in [0.2, 0.25) is 0 Å². The smallest absolute Gasteiger partial charge is 0.124 e. The molecule has 0 saturated carbocycles. The van der Waals surface area contributed by atoms with Crippen molar-refractivity contribution in [1.29, 1.82) is 0 Å². The maximum absolute atomic E-state index is 11.6. The van der Waals surface area contributed by atoms with Gasteiger partial charge in [-0.25, -0.2) is 33.7 Å². The molecule has 0 aliphatic rings. The van der Waals surface area contributed by atoms with Crippen LogP contribution in [0.3, 0.4) is 0 Å². The second-order valence-electron chi connectivity index (χ2n) is 12.0. The van der Waals surface area contributed by atoms with Gasteiger partial charge in [-0.1, -0.05) is 62.4 Å². The first-order valence-corrected chi connectivity index (χ1v) is 20.5. The molecule has 4 unspecified atom stereocenters. The van der Waals surface area contributed by atoms with Crippen molar-refractivity contribution in [2.24, 2.45) is 0 Å². The van der Waals surface area contributed by atoms with Crippen LogP contribution in [0.4, 0.5) is 0 Å². The molecule has 4 aromatic rings. The van der Waals surface area contributed by atoms with Gasteiger partial charge in [-0.15, -0.1) is 0 Å². The Hall–Kier alpha value is -3.48. The monoisotopic (exact) mass is 748 g/mol. The van der Waals surface area contributed by atoms with Crippen LogP contribution in [-0.2, 0) is 40.5 Å². The highest BCUT2D eigenvalue weighted by Gasteiger charge is 2.25. The van der Waals surface area contributed by atoms with Crippen LogP contribution in [0.15, 0.2) is 117 Å². The fourth-order valence-electron chi connectivity index (χ4n) is 5.95. The summed E-state index contributed by atoms with van der Waals surface area (Å²) >= 11 is 0. The van der Waals surface area contributed by atoms with Gasteiger partial charge in [0.2, 0.25) is 0 Å². The summed E-state index contributed by atoms with van der Waals surface area (Å²) in [5.41, 5.74) is 2.80. The molecule has 0 bridgehead atoms. The molecule has 16 heteroatoms. The molecule has 0 aromatic heterocycles. The lowest BCUT2D eigenvalue weighted by molar-refractivity contribution is 0.439. The van der Waals surface area contributed by atoms with Crippen LogP contribution >= 0.6 is 0 Å². The van der Waals surface area contributed by atoms with E-state index in [0.717, 1.165) is 11.1 Å². The van der Waals surface area contributed by atoms with E-state index in [9.17, 15) is 51.9 Å². The highest BCUT2D eigenvalue weighted by molar-refractivity contribution is 7.86. The largest absolute Gasteiger partial charge is 0.744 e. The van der Waals surface area contributed by atoms with Gasteiger partial charge in [0.1, 0.15) is 40.5 Å². The molecule has 4 atom stereocenters. The zero-order valence-electron chi connectivity index (χ0n) is 26.2. The maximum atomic E-state index is 11.6. The van der Waals surface area contributed by atoms with E-state index in [0.29, 0.717) is 30.4 Å². The Morgan fingerprint density at radius 2 is 0.571 bits per heavy atom. The third-order valence-corrected chi connectivity index (χ3v) is 12.0. The molecule has 0 aliphatic heterocycles. The molecule has 0 N–H and O–H groups in total. The average Bonchev–Trinajstić information content (AvgIpc) is 3.02. The van der Waals surface area contributed by atoms with Crippen LogP contribution in [0.25, 0.3) is 0 Å². The van der Waals surface area contributed by atoms with E-state index >= 15 is 0 Å². The van der Waals surface area contributed by atoms with Crippen molar-refractivity contribution in [3.05, 3.63) is 119 Å². The van der Waals surface area contributed by atoms with Crippen LogP contribution in [-0.4, -0.2) is 51.9 Å². The van der Waals surface area contributed by atoms with Crippen molar-refractivity contribution in [2.45, 2.75) is 76.4 Å². The Morgan fingerprint density at radius 3 is 0.776 bits per heavy atom. The van der Waals surface area contributed by atoms with Gasteiger partial charge in [-0.05, 0) is 114 Å². The lowest BCUT2D eigenvalue weighted by Gasteiger charge is -2.29. The van der Waals surface area contributed by atoms with Gasteiger partial charge in [0.25, 0.3) is 0 Å². The summed E-state index contributed by atoms with van der Waals surface area (Å²) in [7, 11) is -18.8. The van der Waals surface area contributed by atoms with E-state index in [2.05, 4.69) is 0 Å². The second kappa shape index (κ2) is 14.8. The van der Waals surface area contributed by atoms with E-state index in [1.54, 1.807) is 0 Å². The molecular weight excluding hydrogens is 717 g/mol. The maximum Gasteiger partial charge on any atom is 0.124 e. The molecule has 0 saturated heterocycles. The third-order valence-electron chi connectivity index (χ3n) is 8.60. The number of rotatable bonds is 14. The highest BCUT2D eigenvalue weighted by atomic mass is 32.2. The predicted octanol–water partition coefficient (Wildman–Crippen LogP) is 4.95. The molecule has 264 valence electrons. The fraction of sp³-hybridized carbons (Fsp3) is 0.273. The topological polar surface area (TPSA) is 229 Å². The zero-order valence-corrected chi connectivity index (χ0v) is 29.5. The Morgan fingerprint density at radius 1 is 0.367 bits per heavy atom. The molecule has 49 heavy (non-hydrogen) atoms. The summed E-state index contributed by atoms with van der Waals surface area (Å²) in [6.45, 7) is 3.78. The van der Waals surface area contributed by atoms with Gasteiger partial charge in [-0.2, -0.15) is 0 Å². The van der Waals surface area contributed by atoms with Crippen molar-refractivity contribution in [3.8, 4) is 0 Å². The van der Waals surface area contributed by atoms with Crippen LogP contribution < -0.4 is 0 Å². The molecule has 0 amide bonds. The molecule has 0 spiro atoms. The fourth-order valence-corrected chi connectivity index (χ4v) is 7.82. The summed E-state index contributed by atoms with van der Waals surface area (Å²) in [5, 5.41) is 0. The van der Waals surface area contributed by atoms with Crippen molar-refractivity contribution < 1.29 is 51.9 Å². The number of hydrogen-bond donors (Lipinski definition) is 0. The molecule has 0 aliphatic carbocycles. The predicted molar refractivity (Wildman–Crippen MR) is 174 cm³/mol. The first-order chi connectivity index (χ1) is 22.6. The first kappa shape index (κ1) is 38.3. The summed E-state index contributed by atoms with van der Waals surface area (Å²) in [4.78, 5) is -1.60. The summed E-state index contributed by atoms with van der Waals surface area (Å²) < 4.78 is 138. The number of benzene rings is 4. The van der Waals surface area contributed by atoms with E-state index in [1.165, 1.54) is 97.1 Å². The Kier molecular flexibility index (Phi) is 11.6. The first-order valence-electron chi connectivity index (χ1n) is 14.9. The van der Waals surface area contributed by atoms with E-state index in [-0.39, 0.29) is 33.5 Å². The van der Waals surface area contributed by atoms with Crippen LogP contribution in [0.1, 0.15) is 79.0 Å². The van der Waals surface area contributed by atoms with Gasteiger partial charge in [0, 0.05) is 0 Å². The lowest BCUT2D eigenvalue weighted by atomic mass is 9.76. The minimum Gasteiger partial charge on any atom is -0.744 e. The third kappa shape index (κ3) is 10.3.